The Balaban J connectivity index is 2.56. The van der Waals surface area contributed by atoms with Crippen LogP contribution in [0.1, 0.15) is 41.6 Å². The van der Waals surface area contributed by atoms with Gasteiger partial charge in [0.1, 0.15) is 5.75 Å². The molecule has 0 aliphatic carbocycles. The normalized spacial score (nSPS) is 23.4. The molecule has 2 unspecified atom stereocenters. The standard InChI is InChI=1S/C14H20ClNO/c1-7-6-11(16-7)12-10(4)13(15)8(2)9(3)14(12)17-5/h7,11,16H,6H2,1-5H3. The first-order valence-electron chi connectivity index (χ1n) is 6.06. The molecule has 0 amide bonds. The molecule has 0 bridgehead atoms. The molecule has 3 heteroatoms. The number of hydrogen-bond acceptors (Lipinski definition) is 2. The maximum Gasteiger partial charge on any atom is 0.127 e. The minimum absolute atomic E-state index is 0.386. The van der Waals surface area contributed by atoms with Crippen LogP contribution in [-0.4, -0.2) is 13.2 Å². The number of rotatable bonds is 2. The van der Waals surface area contributed by atoms with Crippen molar-refractivity contribution in [1.29, 1.82) is 0 Å². The maximum atomic E-state index is 6.40. The molecule has 1 saturated heterocycles. The van der Waals surface area contributed by atoms with Crippen molar-refractivity contribution in [3.63, 3.8) is 0 Å². The van der Waals surface area contributed by atoms with E-state index < -0.39 is 0 Å². The Labute approximate surface area is 108 Å². The zero-order valence-electron chi connectivity index (χ0n) is 11.1. The van der Waals surface area contributed by atoms with Crippen LogP contribution in [0.5, 0.6) is 5.75 Å². The van der Waals surface area contributed by atoms with Gasteiger partial charge >= 0.3 is 0 Å². The molecular formula is C14H20ClNO. The summed E-state index contributed by atoms with van der Waals surface area (Å²) in [5, 5.41) is 4.38. The molecule has 2 nitrogen and oxygen atoms in total. The van der Waals surface area contributed by atoms with E-state index in [4.69, 9.17) is 16.3 Å². The smallest absolute Gasteiger partial charge is 0.127 e. The van der Waals surface area contributed by atoms with Crippen molar-refractivity contribution in [2.75, 3.05) is 7.11 Å². The minimum atomic E-state index is 0.386. The zero-order valence-corrected chi connectivity index (χ0v) is 11.9. The predicted octanol–water partition coefficient (Wildman–Crippen LogP) is 3.70. The van der Waals surface area contributed by atoms with Crippen LogP contribution in [0.3, 0.4) is 0 Å². The number of ether oxygens (including phenoxy) is 1. The fourth-order valence-corrected chi connectivity index (χ4v) is 2.91. The summed E-state index contributed by atoms with van der Waals surface area (Å²) >= 11 is 6.40. The third-order valence-corrected chi connectivity index (χ3v) is 4.40. The SMILES string of the molecule is COc1c(C)c(C)c(Cl)c(C)c1C1CC(C)N1. The molecule has 2 atom stereocenters. The van der Waals surface area contributed by atoms with Gasteiger partial charge in [-0.15, -0.1) is 0 Å². The van der Waals surface area contributed by atoms with Gasteiger partial charge in [-0.1, -0.05) is 11.6 Å². The third-order valence-electron chi connectivity index (χ3n) is 3.84. The molecule has 0 saturated carbocycles. The summed E-state index contributed by atoms with van der Waals surface area (Å²) in [4.78, 5) is 0. The second kappa shape index (κ2) is 4.51. The van der Waals surface area contributed by atoms with Crippen LogP contribution >= 0.6 is 11.6 Å². The molecule has 17 heavy (non-hydrogen) atoms. The van der Waals surface area contributed by atoms with Crippen molar-refractivity contribution in [2.45, 2.75) is 46.2 Å². The van der Waals surface area contributed by atoms with Crippen LogP contribution in [0.15, 0.2) is 0 Å². The number of methoxy groups -OCH3 is 1. The van der Waals surface area contributed by atoms with E-state index in [9.17, 15) is 0 Å². The van der Waals surface area contributed by atoms with E-state index in [-0.39, 0.29) is 0 Å². The highest BCUT2D eigenvalue weighted by molar-refractivity contribution is 6.32. The van der Waals surface area contributed by atoms with Gasteiger partial charge in [0.25, 0.3) is 0 Å². The number of benzene rings is 1. The maximum absolute atomic E-state index is 6.40. The van der Waals surface area contributed by atoms with Crippen molar-refractivity contribution < 1.29 is 4.74 Å². The van der Waals surface area contributed by atoms with Crippen LogP contribution in [0.25, 0.3) is 0 Å². The van der Waals surface area contributed by atoms with Crippen molar-refractivity contribution in [3.05, 3.63) is 27.3 Å². The minimum Gasteiger partial charge on any atom is -0.496 e. The van der Waals surface area contributed by atoms with Gasteiger partial charge in [0.05, 0.1) is 7.11 Å². The summed E-state index contributed by atoms with van der Waals surface area (Å²) in [5.41, 5.74) is 4.66. The molecule has 1 heterocycles. The van der Waals surface area contributed by atoms with Gasteiger partial charge < -0.3 is 10.1 Å². The largest absolute Gasteiger partial charge is 0.496 e. The highest BCUT2D eigenvalue weighted by atomic mass is 35.5. The zero-order chi connectivity index (χ0) is 12.7. The summed E-state index contributed by atoms with van der Waals surface area (Å²) in [6.45, 7) is 8.40. The fraction of sp³-hybridized carbons (Fsp3) is 0.571. The summed E-state index contributed by atoms with van der Waals surface area (Å²) in [7, 11) is 1.74. The van der Waals surface area contributed by atoms with Gasteiger partial charge in [-0.3, -0.25) is 0 Å². The van der Waals surface area contributed by atoms with Gasteiger partial charge in [0.15, 0.2) is 0 Å². The van der Waals surface area contributed by atoms with Crippen molar-refractivity contribution in [2.24, 2.45) is 0 Å². The van der Waals surface area contributed by atoms with Crippen LogP contribution in [0.4, 0.5) is 0 Å². The van der Waals surface area contributed by atoms with E-state index in [0.717, 1.165) is 33.9 Å². The first-order valence-corrected chi connectivity index (χ1v) is 6.44. The Hall–Kier alpha value is -0.730. The van der Waals surface area contributed by atoms with E-state index in [0.29, 0.717) is 12.1 Å². The molecule has 2 rings (SSSR count). The molecule has 1 aliphatic heterocycles. The molecule has 1 N–H and O–H groups in total. The molecular weight excluding hydrogens is 234 g/mol. The molecule has 94 valence electrons. The predicted molar refractivity (Wildman–Crippen MR) is 72.2 cm³/mol. The Morgan fingerprint density at radius 2 is 1.76 bits per heavy atom. The van der Waals surface area contributed by atoms with Crippen LogP contribution in [0.2, 0.25) is 5.02 Å². The average molecular weight is 254 g/mol. The highest BCUT2D eigenvalue weighted by Crippen LogP contribution is 2.42. The Morgan fingerprint density at radius 1 is 1.18 bits per heavy atom. The first kappa shape index (κ1) is 12.7. The van der Waals surface area contributed by atoms with Gasteiger partial charge in [-0.25, -0.2) is 0 Å². The lowest BCUT2D eigenvalue weighted by molar-refractivity contribution is 0.277. The average Bonchev–Trinajstić information content (AvgIpc) is 2.27. The van der Waals surface area contributed by atoms with E-state index in [1.807, 2.05) is 6.92 Å². The van der Waals surface area contributed by atoms with Crippen molar-refractivity contribution in [3.8, 4) is 5.75 Å². The van der Waals surface area contributed by atoms with Gasteiger partial charge in [0.2, 0.25) is 0 Å². The molecule has 1 aromatic carbocycles. The third kappa shape index (κ3) is 1.94. The summed E-state index contributed by atoms with van der Waals surface area (Å²) in [6, 6.07) is 0.973. The highest BCUT2D eigenvalue weighted by Gasteiger charge is 2.31. The first-order chi connectivity index (χ1) is 7.97. The second-order valence-electron chi connectivity index (χ2n) is 4.99. The van der Waals surface area contributed by atoms with Gasteiger partial charge in [-0.05, 0) is 50.8 Å². The van der Waals surface area contributed by atoms with E-state index in [1.165, 1.54) is 5.56 Å². The lowest BCUT2D eigenvalue weighted by Gasteiger charge is -2.37. The number of nitrogens with one attached hydrogen (secondary N) is 1. The quantitative estimate of drug-likeness (QED) is 0.868. The Morgan fingerprint density at radius 3 is 2.24 bits per heavy atom. The van der Waals surface area contributed by atoms with Crippen molar-refractivity contribution >= 4 is 11.6 Å². The molecule has 1 aromatic rings. The fourth-order valence-electron chi connectivity index (χ4n) is 2.66. The monoisotopic (exact) mass is 253 g/mol. The number of halogens is 1. The van der Waals surface area contributed by atoms with Crippen LogP contribution < -0.4 is 10.1 Å². The lowest BCUT2D eigenvalue weighted by Crippen LogP contribution is -2.44. The van der Waals surface area contributed by atoms with Crippen molar-refractivity contribution in [1.82, 2.24) is 5.32 Å². The van der Waals surface area contributed by atoms with E-state index in [1.54, 1.807) is 7.11 Å². The molecule has 0 radical (unpaired) electrons. The molecule has 1 fully saturated rings. The van der Waals surface area contributed by atoms with Gasteiger partial charge in [-0.2, -0.15) is 0 Å². The second-order valence-corrected chi connectivity index (χ2v) is 5.37. The number of hydrogen-bond donors (Lipinski definition) is 1. The van der Waals surface area contributed by atoms with E-state index >= 15 is 0 Å². The molecule has 0 aromatic heterocycles. The van der Waals surface area contributed by atoms with Crippen LogP contribution in [-0.2, 0) is 0 Å². The summed E-state index contributed by atoms with van der Waals surface area (Å²) < 4.78 is 5.59. The topological polar surface area (TPSA) is 21.3 Å². The lowest BCUT2D eigenvalue weighted by atomic mass is 9.86. The summed E-state index contributed by atoms with van der Waals surface area (Å²) in [6.07, 6.45) is 1.15. The van der Waals surface area contributed by atoms with Gasteiger partial charge in [0, 0.05) is 22.7 Å². The van der Waals surface area contributed by atoms with Crippen LogP contribution in [0, 0.1) is 20.8 Å². The van der Waals surface area contributed by atoms with E-state index in [2.05, 4.69) is 26.1 Å². The Bertz CT molecular complexity index is 450. The molecule has 0 spiro atoms. The Kier molecular flexibility index (Phi) is 3.37. The molecule has 1 aliphatic rings. The summed E-state index contributed by atoms with van der Waals surface area (Å²) in [5.74, 6) is 0.994.